The molecule has 4 aromatic rings. The number of aliphatic hydroxyl groups excluding tert-OH is 3. The number of fused-ring (bicyclic) bond motifs is 6. The summed E-state index contributed by atoms with van der Waals surface area (Å²) in [5, 5.41) is 62.8. The number of aliphatic hydroxyl groups is 5. The summed E-state index contributed by atoms with van der Waals surface area (Å²) in [5.41, 5.74) is -3.32. The van der Waals surface area contributed by atoms with Gasteiger partial charge in [-0.1, -0.05) is 44.2 Å². The lowest BCUT2D eigenvalue weighted by Gasteiger charge is -2.63. The number of hydrogen-bond acceptors (Lipinski definition) is 15. The van der Waals surface area contributed by atoms with Crippen molar-refractivity contribution < 1.29 is 49.3 Å². The molecule has 6 aliphatic heterocycles. The van der Waals surface area contributed by atoms with E-state index in [1.807, 2.05) is 62.2 Å². The molecule has 19 nitrogen and oxygen atoms in total. The van der Waals surface area contributed by atoms with Gasteiger partial charge in [-0.15, -0.1) is 0 Å². The van der Waals surface area contributed by atoms with E-state index in [2.05, 4.69) is 32.2 Å². The zero-order chi connectivity index (χ0) is 53.1. The van der Waals surface area contributed by atoms with Gasteiger partial charge in [0, 0.05) is 115 Å². The predicted octanol–water partition coefficient (Wildman–Crippen LogP) is 1.73. The average molecular weight is 1040 g/mol. The van der Waals surface area contributed by atoms with Crippen LogP contribution in [-0.4, -0.2) is 170 Å². The standard InChI is InChI=1S/C56H73N7O12/c1-7-52(71)26-33-27-55(50(69)74-6,44-35(15-21-60(29-33)31-52)34-13-9-10-14-38(34)58-44)37-23-36-39(24-41(37)73-5)59(4)47-54(36)17-22-61-19-11-16-53(8-2,46(54)61)48(67)56(47,72)49(68)57-18-12-20-62-45(66)32(3)28-63(51(62)70)43-25-40(65)42(30-64)75-43/h9-11,13-14,16,23-24,28,33,40,42-43,46-48,58,64-65,67,71-72H,7-8,12,15,17-22,25-27,29-31H2,1-6H3,(H,57,68)/t33?,40-,42+,43+,46-,47+,48+,52-,53+,54?,55-,56+/m0/s1. The van der Waals surface area contributed by atoms with Gasteiger partial charge in [-0.3, -0.25) is 33.3 Å². The highest BCUT2D eigenvalue weighted by atomic mass is 16.5. The molecule has 8 heterocycles. The van der Waals surface area contributed by atoms with Gasteiger partial charge >= 0.3 is 11.7 Å². The fourth-order valence-corrected chi connectivity index (χ4v) is 15.8. The minimum Gasteiger partial charge on any atom is -0.496 e. The first kappa shape index (κ1) is 51.7. The van der Waals surface area contributed by atoms with Gasteiger partial charge in [0.2, 0.25) is 0 Å². The minimum atomic E-state index is -2.44. The fraction of sp³-hybridized carbons (Fsp3) is 0.607. The summed E-state index contributed by atoms with van der Waals surface area (Å²) in [6.07, 6.45) is 3.95. The number of likely N-dealkylation sites (N-methyl/N-ethyl adjacent to an activating group) is 1. The Hall–Kier alpha value is -5.38. The van der Waals surface area contributed by atoms with E-state index in [4.69, 9.17) is 14.2 Å². The van der Waals surface area contributed by atoms with E-state index in [0.717, 1.165) is 26.6 Å². The van der Waals surface area contributed by atoms with Crippen LogP contribution in [0.4, 0.5) is 5.69 Å². The van der Waals surface area contributed by atoms with Crippen molar-refractivity contribution in [1.29, 1.82) is 0 Å². The Morgan fingerprint density at radius 3 is 2.52 bits per heavy atom. The van der Waals surface area contributed by atoms with E-state index in [1.54, 1.807) is 14.0 Å². The lowest BCUT2D eigenvalue weighted by Crippen LogP contribution is -2.81. The Bertz CT molecular complexity index is 3080. The summed E-state index contributed by atoms with van der Waals surface area (Å²) < 4.78 is 20.5. The summed E-state index contributed by atoms with van der Waals surface area (Å²) in [6.45, 7) is 8.00. The van der Waals surface area contributed by atoms with E-state index in [-0.39, 0.29) is 43.8 Å². The number of esters is 1. The number of carbonyl (C=O) groups excluding carboxylic acids is 2. The number of amides is 1. The number of piperidine rings is 1. The first-order valence-corrected chi connectivity index (χ1v) is 26.9. The molecule has 1 amide bonds. The van der Waals surface area contributed by atoms with E-state index in [0.29, 0.717) is 87.5 Å². The highest BCUT2D eigenvalue weighted by Crippen LogP contribution is 2.67. The second-order valence-electron chi connectivity index (χ2n) is 22.8. The van der Waals surface area contributed by atoms with Crippen molar-refractivity contribution in [2.75, 3.05) is 72.0 Å². The molecule has 3 saturated heterocycles. The molecule has 3 unspecified atom stereocenters. The second kappa shape index (κ2) is 18.7. The van der Waals surface area contributed by atoms with Crippen LogP contribution in [0.3, 0.4) is 0 Å². The number of aromatic amines is 1. The van der Waals surface area contributed by atoms with Crippen molar-refractivity contribution in [2.24, 2.45) is 11.3 Å². The molecule has 75 heavy (non-hydrogen) atoms. The molecular weight excluding hydrogens is 963 g/mol. The van der Waals surface area contributed by atoms with E-state index in [1.165, 1.54) is 17.9 Å². The van der Waals surface area contributed by atoms with Gasteiger partial charge < -0.3 is 54.9 Å². The number of para-hydroxylation sites is 1. The maximum Gasteiger partial charge on any atom is 0.333 e. The lowest BCUT2D eigenvalue weighted by atomic mass is 9.47. The highest BCUT2D eigenvalue weighted by molar-refractivity contribution is 5.95. The number of methoxy groups -OCH3 is 2. The van der Waals surface area contributed by atoms with Gasteiger partial charge in [-0.2, -0.15) is 0 Å². The quantitative estimate of drug-likeness (QED) is 0.0607. The zero-order valence-corrected chi connectivity index (χ0v) is 43.9. The number of aromatic nitrogens is 3. The average Bonchev–Trinajstić information content (AvgIpc) is 4.39. The Balaban J connectivity index is 1.02. The monoisotopic (exact) mass is 1040 g/mol. The molecule has 1 spiro atoms. The maximum absolute atomic E-state index is 15.5. The molecule has 13 atom stereocenters. The van der Waals surface area contributed by atoms with Crippen LogP contribution in [0, 0.1) is 18.3 Å². The lowest BCUT2D eigenvalue weighted by molar-refractivity contribution is -0.203. The third-order valence-corrected chi connectivity index (χ3v) is 19.1. The molecule has 1 saturated carbocycles. The third kappa shape index (κ3) is 7.35. The Kier molecular flexibility index (Phi) is 12.9. The number of nitrogens with one attached hydrogen (secondary N) is 2. The number of aryl methyl sites for hydroxylation is 1. The van der Waals surface area contributed by atoms with Crippen LogP contribution < -0.4 is 26.2 Å². The molecule has 1 aliphatic carbocycles. The van der Waals surface area contributed by atoms with Gasteiger partial charge in [0.25, 0.3) is 11.5 Å². The van der Waals surface area contributed by atoms with Crippen LogP contribution in [0.25, 0.3) is 10.9 Å². The Morgan fingerprint density at radius 1 is 1.01 bits per heavy atom. The number of carbonyl (C=O) groups is 2. The predicted molar refractivity (Wildman–Crippen MR) is 278 cm³/mol. The Labute approximate surface area is 435 Å². The topological polar surface area (TPSA) is 245 Å². The summed E-state index contributed by atoms with van der Waals surface area (Å²) in [4.78, 5) is 68.4. The molecule has 7 N–H and O–H groups in total. The van der Waals surface area contributed by atoms with Crippen molar-refractivity contribution >= 4 is 28.5 Å². The van der Waals surface area contributed by atoms with Crippen molar-refractivity contribution in [3.8, 4) is 5.75 Å². The van der Waals surface area contributed by atoms with Gasteiger partial charge in [-0.05, 0) is 87.6 Å². The highest BCUT2D eigenvalue weighted by Gasteiger charge is 2.78. The molecule has 404 valence electrons. The van der Waals surface area contributed by atoms with Crippen molar-refractivity contribution in [2.45, 2.75) is 137 Å². The SMILES string of the molecule is CC[C@]1(O)CC2CN(CCc3c([nH]c4ccccc34)[C@@](C(=O)OC)(c3cc4c(cc3OC)N(C)[C@@H]3C45CCN4CC=C[C@](CC)([C@H]45)[C@@H](O)[C@@]3(O)C(=O)NCCCn3c(=O)c(C)cn([C@H]4C[C@H](O)[C@@H](CO)O4)c3=O)C2)C1. The van der Waals surface area contributed by atoms with Crippen LogP contribution in [0.1, 0.15) is 93.0 Å². The second-order valence-corrected chi connectivity index (χ2v) is 22.8. The van der Waals surface area contributed by atoms with Crippen LogP contribution in [0.2, 0.25) is 0 Å². The van der Waals surface area contributed by atoms with Crippen LogP contribution in [0.5, 0.6) is 5.75 Å². The zero-order valence-electron chi connectivity index (χ0n) is 43.9. The maximum atomic E-state index is 15.5. The third-order valence-electron chi connectivity index (χ3n) is 19.1. The smallest absolute Gasteiger partial charge is 0.333 e. The van der Waals surface area contributed by atoms with E-state index in [9.17, 15) is 35.1 Å². The van der Waals surface area contributed by atoms with Crippen LogP contribution in [0.15, 0.2) is 64.3 Å². The molecule has 11 rings (SSSR count). The summed E-state index contributed by atoms with van der Waals surface area (Å²) in [7, 11) is 4.83. The molecule has 2 aromatic heterocycles. The molecule has 0 radical (unpaired) electrons. The first-order chi connectivity index (χ1) is 35.9. The Morgan fingerprint density at radius 2 is 1.80 bits per heavy atom. The number of hydrogen-bond donors (Lipinski definition) is 7. The van der Waals surface area contributed by atoms with Crippen molar-refractivity contribution in [3.63, 3.8) is 0 Å². The van der Waals surface area contributed by atoms with Gasteiger partial charge in [0.05, 0.1) is 38.6 Å². The molecule has 2 bridgehead atoms. The summed E-state index contributed by atoms with van der Waals surface area (Å²) in [6, 6.07) is 10.6. The van der Waals surface area contributed by atoms with Crippen molar-refractivity contribution in [3.05, 3.63) is 104 Å². The largest absolute Gasteiger partial charge is 0.496 e. The van der Waals surface area contributed by atoms with E-state index < -0.39 is 93.8 Å². The van der Waals surface area contributed by atoms with Gasteiger partial charge in [0.15, 0.2) is 5.60 Å². The number of H-pyrrole nitrogens is 1. The minimum absolute atomic E-state index is 0.0442. The number of anilines is 1. The number of nitrogens with zero attached hydrogens (tertiary/aromatic N) is 5. The normalized spacial score (nSPS) is 35.7. The first-order valence-electron chi connectivity index (χ1n) is 26.9. The van der Waals surface area contributed by atoms with Gasteiger partial charge in [0.1, 0.15) is 29.6 Å². The fourth-order valence-electron chi connectivity index (χ4n) is 15.8. The molecule has 19 heteroatoms. The van der Waals surface area contributed by atoms with E-state index >= 15 is 9.59 Å². The molecule has 2 aromatic carbocycles. The van der Waals surface area contributed by atoms with Gasteiger partial charge in [-0.25, -0.2) is 4.79 Å². The molecule has 7 aliphatic rings. The number of benzene rings is 2. The molecular formula is C56H73N7O12. The van der Waals surface area contributed by atoms with Crippen molar-refractivity contribution in [1.82, 2.24) is 29.2 Å². The van der Waals surface area contributed by atoms with Crippen LogP contribution >= 0.6 is 0 Å². The number of rotatable bonds is 12. The molecule has 4 fully saturated rings. The number of ether oxygens (including phenoxy) is 3. The van der Waals surface area contributed by atoms with Crippen LogP contribution in [-0.2, 0) is 42.9 Å². The summed E-state index contributed by atoms with van der Waals surface area (Å²) >= 11 is 0. The summed E-state index contributed by atoms with van der Waals surface area (Å²) in [5.74, 6) is -1.02.